The Morgan fingerprint density at radius 1 is 1.20 bits per heavy atom. The lowest BCUT2D eigenvalue weighted by Crippen LogP contribution is -2.17. The van der Waals surface area contributed by atoms with Gasteiger partial charge in [-0.05, 0) is 47.1 Å². The Bertz CT molecular complexity index is 753. The molecule has 3 aromatic rings. The number of hydrogen-bond acceptors (Lipinski definition) is 2. The maximum Gasteiger partial charge on any atom is 0.142 e. The average Bonchev–Trinajstić information content (AvgIpc) is 2.88. The number of halogens is 2. The molecule has 1 N–H and O–H groups in total. The summed E-state index contributed by atoms with van der Waals surface area (Å²) in [5, 5.41) is 6.73. The second-order valence-corrected chi connectivity index (χ2v) is 5.90. The molecule has 0 aliphatic rings. The van der Waals surface area contributed by atoms with Crippen molar-refractivity contribution in [2.45, 2.75) is 6.04 Å². The summed E-state index contributed by atoms with van der Waals surface area (Å²) in [6.07, 6.45) is 0. The third-order valence-electron chi connectivity index (χ3n) is 3.39. The third kappa shape index (κ3) is 2.33. The van der Waals surface area contributed by atoms with E-state index < -0.39 is 0 Å². The van der Waals surface area contributed by atoms with Crippen LogP contribution in [0.5, 0.6) is 0 Å². The lowest BCUT2D eigenvalue weighted by molar-refractivity contribution is 0.618. The number of nitrogens with one attached hydrogen (secondary N) is 1. The predicted molar refractivity (Wildman–Crippen MR) is 84.1 cm³/mol. The lowest BCUT2D eigenvalue weighted by atomic mass is 9.98. The highest BCUT2D eigenvalue weighted by Gasteiger charge is 2.17. The van der Waals surface area contributed by atoms with Gasteiger partial charge in [0.05, 0.1) is 11.1 Å². The summed E-state index contributed by atoms with van der Waals surface area (Å²) in [6, 6.07) is 13.2. The van der Waals surface area contributed by atoms with E-state index in [1.165, 1.54) is 16.2 Å². The van der Waals surface area contributed by atoms with Gasteiger partial charge in [0.2, 0.25) is 0 Å². The molecule has 0 spiro atoms. The van der Waals surface area contributed by atoms with Crippen molar-refractivity contribution in [3.8, 4) is 0 Å². The average molecular weight is 306 g/mol. The predicted octanol–water partition coefficient (Wildman–Crippen LogP) is 5.00. The van der Waals surface area contributed by atoms with E-state index in [0.29, 0.717) is 0 Å². The van der Waals surface area contributed by atoms with Crippen molar-refractivity contribution in [2.75, 3.05) is 7.05 Å². The van der Waals surface area contributed by atoms with Crippen molar-refractivity contribution >= 4 is 33.0 Å². The molecule has 20 heavy (non-hydrogen) atoms. The molecule has 0 saturated heterocycles. The fourth-order valence-electron chi connectivity index (χ4n) is 2.42. The Morgan fingerprint density at radius 2 is 2.00 bits per heavy atom. The molecule has 1 atom stereocenters. The van der Waals surface area contributed by atoms with Crippen LogP contribution in [-0.2, 0) is 0 Å². The van der Waals surface area contributed by atoms with Crippen molar-refractivity contribution in [2.24, 2.45) is 0 Å². The van der Waals surface area contributed by atoms with Crippen LogP contribution in [0, 0.1) is 5.82 Å². The van der Waals surface area contributed by atoms with Gasteiger partial charge in [0.25, 0.3) is 0 Å². The van der Waals surface area contributed by atoms with E-state index >= 15 is 0 Å². The highest BCUT2D eigenvalue weighted by molar-refractivity contribution is 7.17. The molecule has 0 saturated carbocycles. The largest absolute Gasteiger partial charge is 0.309 e. The van der Waals surface area contributed by atoms with Gasteiger partial charge >= 0.3 is 0 Å². The normalized spacial score (nSPS) is 12.8. The summed E-state index contributed by atoms with van der Waals surface area (Å²) in [5.41, 5.74) is 2.03. The smallest absolute Gasteiger partial charge is 0.142 e. The van der Waals surface area contributed by atoms with Gasteiger partial charge in [-0.1, -0.05) is 35.9 Å². The number of hydrogen-bond donors (Lipinski definition) is 1. The molecule has 0 amide bonds. The van der Waals surface area contributed by atoms with Gasteiger partial charge in [-0.3, -0.25) is 0 Å². The van der Waals surface area contributed by atoms with Crippen LogP contribution in [0.1, 0.15) is 17.2 Å². The number of rotatable bonds is 3. The van der Waals surface area contributed by atoms with Crippen LogP contribution in [-0.4, -0.2) is 7.05 Å². The van der Waals surface area contributed by atoms with E-state index in [1.54, 1.807) is 17.4 Å². The SMILES string of the molecule is CNC(c1ccc(Cl)c(F)c1)c1csc2ccccc12. The molecule has 1 nitrogen and oxygen atoms in total. The van der Waals surface area contributed by atoms with Gasteiger partial charge < -0.3 is 5.32 Å². The van der Waals surface area contributed by atoms with Gasteiger partial charge in [-0.15, -0.1) is 11.3 Å². The van der Waals surface area contributed by atoms with Gasteiger partial charge in [-0.25, -0.2) is 4.39 Å². The van der Waals surface area contributed by atoms with Gasteiger partial charge in [-0.2, -0.15) is 0 Å². The first kappa shape index (κ1) is 13.6. The van der Waals surface area contributed by atoms with Crippen LogP contribution in [0.3, 0.4) is 0 Å². The van der Waals surface area contributed by atoms with Crippen LogP contribution >= 0.6 is 22.9 Å². The van der Waals surface area contributed by atoms with Gasteiger partial charge in [0.15, 0.2) is 0 Å². The van der Waals surface area contributed by atoms with Crippen molar-refractivity contribution in [1.82, 2.24) is 5.32 Å². The second-order valence-electron chi connectivity index (χ2n) is 4.58. The molecule has 0 aliphatic heterocycles. The first-order chi connectivity index (χ1) is 9.70. The zero-order valence-electron chi connectivity index (χ0n) is 10.9. The Kier molecular flexibility index (Phi) is 3.74. The molecular weight excluding hydrogens is 293 g/mol. The maximum atomic E-state index is 13.7. The monoisotopic (exact) mass is 305 g/mol. The molecule has 1 heterocycles. The summed E-state index contributed by atoms with van der Waals surface area (Å²) < 4.78 is 14.9. The van der Waals surface area contributed by atoms with Crippen LogP contribution in [0.4, 0.5) is 4.39 Å². The van der Waals surface area contributed by atoms with Gasteiger partial charge in [0.1, 0.15) is 5.82 Å². The number of fused-ring (bicyclic) bond motifs is 1. The molecule has 1 unspecified atom stereocenters. The van der Waals surface area contributed by atoms with E-state index in [1.807, 2.05) is 25.2 Å². The summed E-state index contributed by atoms with van der Waals surface area (Å²) in [5.74, 6) is -0.385. The third-order valence-corrected chi connectivity index (χ3v) is 4.68. The molecule has 0 fully saturated rings. The van der Waals surface area contributed by atoms with Crippen LogP contribution in [0.2, 0.25) is 5.02 Å². The van der Waals surface area contributed by atoms with Crippen molar-refractivity contribution in [3.05, 3.63) is 69.8 Å². The topological polar surface area (TPSA) is 12.0 Å². The minimum Gasteiger partial charge on any atom is -0.309 e. The van der Waals surface area contributed by atoms with Crippen molar-refractivity contribution < 1.29 is 4.39 Å². The van der Waals surface area contributed by atoms with E-state index in [0.717, 1.165) is 11.1 Å². The Labute approximate surface area is 126 Å². The lowest BCUT2D eigenvalue weighted by Gasteiger charge is -2.17. The number of thiophene rings is 1. The molecule has 0 bridgehead atoms. The quantitative estimate of drug-likeness (QED) is 0.718. The van der Waals surface area contributed by atoms with E-state index in [2.05, 4.69) is 22.8 Å². The van der Waals surface area contributed by atoms with Crippen molar-refractivity contribution in [1.29, 1.82) is 0 Å². The molecule has 4 heteroatoms. The zero-order valence-corrected chi connectivity index (χ0v) is 12.4. The first-order valence-electron chi connectivity index (χ1n) is 6.29. The van der Waals surface area contributed by atoms with Gasteiger partial charge in [0, 0.05) is 4.70 Å². The number of benzene rings is 2. The molecule has 0 radical (unpaired) electrons. The minimum absolute atomic E-state index is 0.0436. The summed E-state index contributed by atoms with van der Waals surface area (Å²) in [7, 11) is 1.88. The highest BCUT2D eigenvalue weighted by Crippen LogP contribution is 2.34. The summed E-state index contributed by atoms with van der Waals surface area (Å²) in [4.78, 5) is 0. The van der Waals surface area contributed by atoms with Crippen LogP contribution in [0.25, 0.3) is 10.1 Å². The molecular formula is C16H13ClFNS. The fourth-order valence-corrected chi connectivity index (χ4v) is 3.52. The standard InChI is InChI=1S/C16H13ClFNS/c1-19-16(10-6-7-13(17)14(18)8-10)12-9-20-15-5-3-2-4-11(12)15/h2-9,16,19H,1H3. The highest BCUT2D eigenvalue weighted by atomic mass is 35.5. The fraction of sp³-hybridized carbons (Fsp3) is 0.125. The molecule has 2 aromatic carbocycles. The maximum absolute atomic E-state index is 13.7. The molecule has 0 aliphatic carbocycles. The molecule has 102 valence electrons. The minimum atomic E-state index is -0.385. The zero-order chi connectivity index (χ0) is 14.1. The van der Waals surface area contributed by atoms with Crippen molar-refractivity contribution in [3.63, 3.8) is 0 Å². The molecule has 1 aromatic heterocycles. The Hall–Kier alpha value is -1.42. The van der Waals surface area contributed by atoms with E-state index in [-0.39, 0.29) is 16.9 Å². The molecule has 3 rings (SSSR count). The van der Waals surface area contributed by atoms with E-state index in [9.17, 15) is 4.39 Å². The second kappa shape index (κ2) is 5.52. The Balaban J connectivity index is 2.11. The van der Waals surface area contributed by atoms with Crippen LogP contribution in [0.15, 0.2) is 47.8 Å². The van der Waals surface area contributed by atoms with Crippen LogP contribution < -0.4 is 5.32 Å². The first-order valence-corrected chi connectivity index (χ1v) is 7.55. The van der Waals surface area contributed by atoms with E-state index in [4.69, 9.17) is 11.6 Å². The summed E-state index contributed by atoms with van der Waals surface area (Å²) >= 11 is 7.45. The summed E-state index contributed by atoms with van der Waals surface area (Å²) in [6.45, 7) is 0. The Morgan fingerprint density at radius 3 is 2.75 bits per heavy atom.